The molecule has 0 radical (unpaired) electrons. The molecule has 0 saturated heterocycles. The fourth-order valence-electron chi connectivity index (χ4n) is 2.20. The molecule has 3 aromatic rings. The van der Waals surface area contributed by atoms with Crippen LogP contribution < -0.4 is 4.74 Å². The van der Waals surface area contributed by atoms with Gasteiger partial charge in [0.05, 0.1) is 23.2 Å². The Morgan fingerprint density at radius 2 is 2.05 bits per heavy atom. The molecule has 0 aliphatic heterocycles. The Labute approximate surface area is 123 Å². The van der Waals surface area contributed by atoms with Crippen molar-refractivity contribution in [3.63, 3.8) is 0 Å². The van der Waals surface area contributed by atoms with Crippen molar-refractivity contribution in [1.82, 2.24) is 25.0 Å². The first-order chi connectivity index (χ1) is 10.1. The molecule has 3 heterocycles. The van der Waals surface area contributed by atoms with Gasteiger partial charge in [-0.15, -0.1) is 0 Å². The van der Waals surface area contributed by atoms with E-state index in [-0.39, 0.29) is 6.10 Å². The van der Waals surface area contributed by atoms with Gasteiger partial charge in [-0.3, -0.25) is 9.78 Å². The van der Waals surface area contributed by atoms with Crippen molar-refractivity contribution >= 4 is 10.9 Å². The van der Waals surface area contributed by atoms with Crippen LogP contribution in [0.5, 0.6) is 5.88 Å². The Balaban J connectivity index is 2.13. The largest absolute Gasteiger partial charge is 0.474 e. The van der Waals surface area contributed by atoms with E-state index in [9.17, 15) is 0 Å². The van der Waals surface area contributed by atoms with Gasteiger partial charge in [-0.2, -0.15) is 10.2 Å². The second-order valence-electron chi connectivity index (χ2n) is 5.58. The van der Waals surface area contributed by atoms with Crippen LogP contribution in [-0.2, 0) is 0 Å². The summed E-state index contributed by atoms with van der Waals surface area (Å²) in [6, 6.07) is 2.21. The molecule has 110 valence electrons. The van der Waals surface area contributed by atoms with Gasteiger partial charge in [0.1, 0.15) is 5.69 Å². The first-order valence-corrected chi connectivity index (χ1v) is 7.10. The number of aromatic amines is 1. The minimum Gasteiger partial charge on any atom is -0.474 e. The summed E-state index contributed by atoms with van der Waals surface area (Å²) in [7, 11) is 0. The van der Waals surface area contributed by atoms with Crippen LogP contribution in [0.3, 0.4) is 0 Å². The molecule has 0 saturated carbocycles. The number of ether oxygens (including phenoxy) is 1. The van der Waals surface area contributed by atoms with Crippen molar-refractivity contribution in [2.24, 2.45) is 0 Å². The van der Waals surface area contributed by atoms with E-state index in [0.29, 0.717) is 11.9 Å². The molecule has 0 aliphatic carbocycles. The molecule has 3 aromatic heterocycles. The number of pyridine rings is 1. The molecule has 0 aromatic carbocycles. The van der Waals surface area contributed by atoms with Gasteiger partial charge in [-0.25, -0.2) is 4.98 Å². The van der Waals surface area contributed by atoms with Crippen molar-refractivity contribution in [3.8, 4) is 17.1 Å². The molecule has 0 spiro atoms. The lowest BCUT2D eigenvalue weighted by Crippen LogP contribution is -2.07. The summed E-state index contributed by atoms with van der Waals surface area (Å²) in [4.78, 5) is 4.34. The lowest BCUT2D eigenvalue weighted by molar-refractivity contribution is 0.236. The SMILES string of the molecule is CC(C)Oc1nccc2[nH]nc(-c3cnn(C(C)C)c3)c12. The number of fused-ring (bicyclic) bond motifs is 1. The molecule has 0 unspecified atom stereocenters. The minimum absolute atomic E-state index is 0.0595. The third kappa shape index (κ3) is 2.49. The summed E-state index contributed by atoms with van der Waals surface area (Å²) in [6.45, 7) is 8.15. The summed E-state index contributed by atoms with van der Waals surface area (Å²) >= 11 is 0. The zero-order valence-corrected chi connectivity index (χ0v) is 12.7. The normalized spacial score (nSPS) is 11.7. The van der Waals surface area contributed by atoms with Crippen LogP contribution in [0.1, 0.15) is 33.7 Å². The smallest absolute Gasteiger partial charge is 0.225 e. The molecular weight excluding hydrogens is 266 g/mol. The number of nitrogens with one attached hydrogen (secondary N) is 1. The molecule has 0 amide bonds. The standard InChI is InChI=1S/C15H19N5O/c1-9(2)20-8-11(7-17-20)14-13-12(18-19-14)5-6-16-15(13)21-10(3)4/h5-10H,1-4H3,(H,18,19). The number of aromatic nitrogens is 5. The minimum atomic E-state index is 0.0595. The molecule has 21 heavy (non-hydrogen) atoms. The molecule has 0 bridgehead atoms. The zero-order chi connectivity index (χ0) is 15.0. The topological polar surface area (TPSA) is 68.6 Å². The van der Waals surface area contributed by atoms with E-state index < -0.39 is 0 Å². The van der Waals surface area contributed by atoms with Gasteiger partial charge in [0.25, 0.3) is 0 Å². The van der Waals surface area contributed by atoms with Crippen LogP contribution in [0.2, 0.25) is 0 Å². The van der Waals surface area contributed by atoms with Crippen molar-refractivity contribution in [2.75, 3.05) is 0 Å². The quantitative estimate of drug-likeness (QED) is 0.799. The fraction of sp³-hybridized carbons (Fsp3) is 0.400. The average Bonchev–Trinajstić information content (AvgIpc) is 3.04. The highest BCUT2D eigenvalue weighted by Crippen LogP contribution is 2.32. The summed E-state index contributed by atoms with van der Waals surface area (Å²) in [5, 5.41) is 12.7. The maximum atomic E-state index is 5.80. The lowest BCUT2D eigenvalue weighted by Gasteiger charge is -2.09. The highest BCUT2D eigenvalue weighted by Gasteiger charge is 2.16. The molecule has 6 heteroatoms. The Bertz CT molecular complexity index is 756. The Morgan fingerprint density at radius 1 is 1.24 bits per heavy atom. The number of H-pyrrole nitrogens is 1. The Kier molecular flexibility index (Phi) is 3.37. The van der Waals surface area contributed by atoms with Crippen molar-refractivity contribution in [3.05, 3.63) is 24.7 Å². The van der Waals surface area contributed by atoms with Gasteiger partial charge in [-0.05, 0) is 33.8 Å². The van der Waals surface area contributed by atoms with Crippen molar-refractivity contribution in [1.29, 1.82) is 0 Å². The van der Waals surface area contributed by atoms with Gasteiger partial charge in [0.15, 0.2) is 0 Å². The van der Waals surface area contributed by atoms with Crippen LogP contribution >= 0.6 is 0 Å². The van der Waals surface area contributed by atoms with Gasteiger partial charge in [-0.1, -0.05) is 0 Å². The molecular formula is C15H19N5O. The maximum absolute atomic E-state index is 5.80. The second-order valence-corrected chi connectivity index (χ2v) is 5.58. The van der Waals surface area contributed by atoms with E-state index in [4.69, 9.17) is 4.74 Å². The molecule has 0 aliphatic rings. The Morgan fingerprint density at radius 3 is 2.71 bits per heavy atom. The van der Waals surface area contributed by atoms with Crippen LogP contribution in [0, 0.1) is 0 Å². The first kappa shape index (κ1) is 13.6. The average molecular weight is 285 g/mol. The lowest BCUT2D eigenvalue weighted by atomic mass is 10.1. The van der Waals surface area contributed by atoms with Crippen LogP contribution in [0.25, 0.3) is 22.2 Å². The summed E-state index contributed by atoms with van der Waals surface area (Å²) < 4.78 is 7.72. The zero-order valence-electron chi connectivity index (χ0n) is 12.7. The predicted molar refractivity (Wildman–Crippen MR) is 81.3 cm³/mol. The molecule has 6 nitrogen and oxygen atoms in total. The molecule has 1 N–H and O–H groups in total. The van der Waals surface area contributed by atoms with Crippen LogP contribution in [0.4, 0.5) is 0 Å². The third-order valence-electron chi connectivity index (χ3n) is 3.19. The van der Waals surface area contributed by atoms with Crippen LogP contribution in [0.15, 0.2) is 24.7 Å². The van der Waals surface area contributed by atoms with E-state index in [1.807, 2.05) is 37.0 Å². The fourth-order valence-corrected chi connectivity index (χ4v) is 2.20. The summed E-state index contributed by atoms with van der Waals surface area (Å²) in [6.07, 6.45) is 5.59. The van der Waals surface area contributed by atoms with E-state index in [2.05, 4.69) is 34.1 Å². The van der Waals surface area contributed by atoms with Crippen molar-refractivity contribution in [2.45, 2.75) is 39.8 Å². The van der Waals surface area contributed by atoms with Gasteiger partial charge in [0.2, 0.25) is 5.88 Å². The Hall–Kier alpha value is -2.37. The summed E-state index contributed by atoms with van der Waals surface area (Å²) in [5.74, 6) is 0.601. The van der Waals surface area contributed by atoms with Gasteiger partial charge >= 0.3 is 0 Å². The van der Waals surface area contributed by atoms with Gasteiger partial charge < -0.3 is 4.74 Å². The molecule has 0 atom stereocenters. The molecule has 3 rings (SSSR count). The third-order valence-corrected chi connectivity index (χ3v) is 3.19. The van der Waals surface area contributed by atoms with Crippen molar-refractivity contribution < 1.29 is 4.74 Å². The first-order valence-electron chi connectivity index (χ1n) is 7.10. The monoisotopic (exact) mass is 285 g/mol. The van der Waals surface area contributed by atoms with E-state index >= 15 is 0 Å². The summed E-state index contributed by atoms with van der Waals surface area (Å²) in [5.41, 5.74) is 2.69. The molecule has 0 fully saturated rings. The van der Waals surface area contributed by atoms with E-state index in [0.717, 1.165) is 22.2 Å². The number of hydrogen-bond acceptors (Lipinski definition) is 4. The predicted octanol–water partition coefficient (Wildman–Crippen LogP) is 3.19. The highest BCUT2D eigenvalue weighted by atomic mass is 16.5. The highest BCUT2D eigenvalue weighted by molar-refractivity contribution is 5.96. The maximum Gasteiger partial charge on any atom is 0.225 e. The van der Waals surface area contributed by atoms with Crippen LogP contribution in [-0.4, -0.2) is 31.1 Å². The van der Waals surface area contributed by atoms with E-state index in [1.165, 1.54) is 0 Å². The number of nitrogens with zero attached hydrogens (tertiary/aromatic N) is 4. The second kappa shape index (κ2) is 5.20. The van der Waals surface area contributed by atoms with E-state index in [1.54, 1.807) is 6.20 Å². The number of hydrogen-bond donors (Lipinski definition) is 1. The van der Waals surface area contributed by atoms with Gasteiger partial charge in [0, 0.05) is 24.0 Å². The number of rotatable bonds is 4.